The lowest BCUT2D eigenvalue weighted by molar-refractivity contribution is -0.149. The molecule has 0 aromatic rings. The predicted octanol–water partition coefficient (Wildman–Crippen LogP) is 0.241. The molecule has 0 radical (unpaired) electrons. The van der Waals surface area contributed by atoms with E-state index < -0.39 is 12.0 Å². The highest BCUT2D eigenvalue weighted by atomic mass is 16.5. The lowest BCUT2D eigenvalue weighted by Gasteiger charge is -2.26. The van der Waals surface area contributed by atoms with Gasteiger partial charge in [-0.25, -0.2) is 4.79 Å². The second-order valence-electron chi connectivity index (χ2n) is 4.38. The summed E-state index contributed by atoms with van der Waals surface area (Å²) in [5.74, 6) is -1.52. The molecule has 2 amide bonds. The number of carbonyl (C=O) groups is 3. The number of carboxylic acids is 1. The van der Waals surface area contributed by atoms with Crippen molar-refractivity contribution in [2.24, 2.45) is 0 Å². The highest BCUT2D eigenvalue weighted by molar-refractivity contribution is 5.83. The molecular weight excluding hydrogens is 264 g/mol. The van der Waals surface area contributed by atoms with E-state index in [-0.39, 0.29) is 31.3 Å². The Morgan fingerprint density at radius 1 is 1.35 bits per heavy atom. The number of hydrogen-bond acceptors (Lipinski definition) is 4. The second kappa shape index (κ2) is 10.2. The van der Waals surface area contributed by atoms with Crippen LogP contribution in [-0.2, 0) is 19.1 Å². The van der Waals surface area contributed by atoms with Gasteiger partial charge in [0.15, 0.2) is 0 Å². The minimum Gasteiger partial charge on any atom is -0.480 e. The first-order valence-electron chi connectivity index (χ1n) is 6.74. The van der Waals surface area contributed by atoms with Gasteiger partial charge in [-0.2, -0.15) is 0 Å². The van der Waals surface area contributed by atoms with Crippen LogP contribution in [0.5, 0.6) is 0 Å². The Labute approximate surface area is 119 Å². The molecule has 0 aliphatic heterocycles. The summed E-state index contributed by atoms with van der Waals surface area (Å²) >= 11 is 0. The lowest BCUT2D eigenvalue weighted by atomic mass is 10.2. The molecule has 0 aliphatic carbocycles. The molecule has 0 saturated carbocycles. The van der Waals surface area contributed by atoms with Crippen LogP contribution in [0.15, 0.2) is 0 Å². The van der Waals surface area contributed by atoms with Crippen molar-refractivity contribution < 1.29 is 24.2 Å². The Balaban J connectivity index is 4.38. The van der Waals surface area contributed by atoms with Crippen LogP contribution in [0.25, 0.3) is 0 Å². The quantitative estimate of drug-likeness (QED) is 0.561. The zero-order valence-corrected chi connectivity index (χ0v) is 12.3. The molecule has 2 N–H and O–H groups in total. The zero-order chi connectivity index (χ0) is 15.5. The molecule has 7 nitrogen and oxygen atoms in total. The number of nitrogens with zero attached hydrogens (tertiary/aromatic N) is 1. The highest BCUT2D eigenvalue weighted by Gasteiger charge is 2.24. The van der Waals surface area contributed by atoms with Crippen LogP contribution in [-0.4, -0.2) is 60.1 Å². The van der Waals surface area contributed by atoms with Crippen molar-refractivity contribution in [2.75, 3.05) is 26.3 Å². The fraction of sp³-hybridized carbons (Fsp3) is 0.769. The van der Waals surface area contributed by atoms with E-state index in [1.54, 1.807) is 0 Å². The Bertz CT molecular complexity index is 333. The smallest absolute Gasteiger partial charge is 0.326 e. The van der Waals surface area contributed by atoms with E-state index in [1.807, 2.05) is 6.92 Å². The molecule has 1 atom stereocenters. The van der Waals surface area contributed by atoms with Gasteiger partial charge in [-0.15, -0.1) is 0 Å². The summed E-state index contributed by atoms with van der Waals surface area (Å²) in [6.45, 7) is 6.18. The van der Waals surface area contributed by atoms with Gasteiger partial charge in [-0.1, -0.05) is 0 Å². The predicted molar refractivity (Wildman–Crippen MR) is 73.2 cm³/mol. The van der Waals surface area contributed by atoms with Gasteiger partial charge < -0.3 is 20.1 Å². The van der Waals surface area contributed by atoms with Gasteiger partial charge in [0, 0.05) is 39.6 Å². The van der Waals surface area contributed by atoms with Gasteiger partial charge in [0.2, 0.25) is 11.8 Å². The van der Waals surface area contributed by atoms with Crippen molar-refractivity contribution in [3.63, 3.8) is 0 Å². The minimum absolute atomic E-state index is 0.181. The van der Waals surface area contributed by atoms with Crippen molar-refractivity contribution >= 4 is 17.8 Å². The number of hydrogen-bond donors (Lipinski definition) is 2. The average Bonchev–Trinajstić information content (AvgIpc) is 2.38. The number of amides is 2. The fourth-order valence-corrected chi connectivity index (χ4v) is 1.63. The monoisotopic (exact) mass is 288 g/mol. The molecule has 20 heavy (non-hydrogen) atoms. The number of ether oxygens (including phenoxy) is 1. The number of rotatable bonds is 10. The lowest BCUT2D eigenvalue weighted by Crippen LogP contribution is -2.46. The van der Waals surface area contributed by atoms with E-state index in [0.717, 1.165) is 0 Å². The molecule has 116 valence electrons. The van der Waals surface area contributed by atoms with E-state index in [4.69, 9.17) is 9.84 Å². The molecule has 0 rings (SSSR count). The molecule has 0 aromatic heterocycles. The standard InChI is InChI=1S/C13H24N2O5/c1-4-20-9-5-6-12(17)15(10(2)13(18)19)8-7-14-11(3)16/h10H,4-9H2,1-3H3,(H,14,16)(H,18,19). The third-order valence-electron chi connectivity index (χ3n) is 2.76. The molecule has 0 aliphatic rings. The van der Waals surface area contributed by atoms with Gasteiger partial charge in [-0.3, -0.25) is 9.59 Å². The number of carboxylic acid groups (broad SMARTS) is 1. The maximum Gasteiger partial charge on any atom is 0.326 e. The largest absolute Gasteiger partial charge is 0.480 e. The molecule has 0 spiro atoms. The molecule has 0 saturated heterocycles. The third kappa shape index (κ3) is 7.73. The second-order valence-corrected chi connectivity index (χ2v) is 4.38. The van der Waals surface area contributed by atoms with E-state index in [0.29, 0.717) is 19.6 Å². The summed E-state index contributed by atoms with van der Waals surface area (Å²) in [6, 6.07) is -0.914. The Hall–Kier alpha value is -1.63. The zero-order valence-electron chi connectivity index (χ0n) is 12.3. The van der Waals surface area contributed by atoms with Crippen LogP contribution in [0.3, 0.4) is 0 Å². The van der Waals surface area contributed by atoms with E-state index in [2.05, 4.69) is 5.32 Å². The van der Waals surface area contributed by atoms with Crippen LogP contribution < -0.4 is 5.32 Å². The van der Waals surface area contributed by atoms with Crippen molar-refractivity contribution in [3.05, 3.63) is 0 Å². The maximum absolute atomic E-state index is 12.0. The molecule has 1 unspecified atom stereocenters. The van der Waals surface area contributed by atoms with Gasteiger partial charge in [0.25, 0.3) is 0 Å². The summed E-state index contributed by atoms with van der Waals surface area (Å²) < 4.78 is 5.14. The highest BCUT2D eigenvalue weighted by Crippen LogP contribution is 2.05. The van der Waals surface area contributed by atoms with Crippen molar-refractivity contribution in [2.45, 2.75) is 39.7 Å². The third-order valence-corrected chi connectivity index (χ3v) is 2.76. The summed E-state index contributed by atoms with van der Waals surface area (Å²) in [5, 5.41) is 11.6. The molecule has 7 heteroatoms. The van der Waals surface area contributed by atoms with Gasteiger partial charge >= 0.3 is 5.97 Å². The van der Waals surface area contributed by atoms with Crippen LogP contribution in [0.4, 0.5) is 0 Å². The molecule has 0 aromatic carbocycles. The van der Waals surface area contributed by atoms with Crippen molar-refractivity contribution in [3.8, 4) is 0 Å². The number of nitrogens with one attached hydrogen (secondary N) is 1. The van der Waals surface area contributed by atoms with E-state index >= 15 is 0 Å². The molecule has 0 heterocycles. The Morgan fingerprint density at radius 3 is 2.50 bits per heavy atom. The van der Waals surface area contributed by atoms with Crippen LogP contribution in [0.1, 0.15) is 33.6 Å². The number of carbonyl (C=O) groups excluding carboxylic acids is 2. The van der Waals surface area contributed by atoms with Crippen molar-refractivity contribution in [1.82, 2.24) is 10.2 Å². The molecule has 0 bridgehead atoms. The van der Waals surface area contributed by atoms with Gasteiger partial charge in [0.1, 0.15) is 6.04 Å². The Kier molecular flexibility index (Phi) is 9.36. The first-order chi connectivity index (χ1) is 9.40. The van der Waals surface area contributed by atoms with Crippen molar-refractivity contribution in [1.29, 1.82) is 0 Å². The van der Waals surface area contributed by atoms with Gasteiger partial charge in [0.05, 0.1) is 0 Å². The first kappa shape index (κ1) is 18.4. The van der Waals surface area contributed by atoms with E-state index in [1.165, 1.54) is 18.7 Å². The summed E-state index contributed by atoms with van der Waals surface area (Å²) in [7, 11) is 0. The van der Waals surface area contributed by atoms with Crippen LogP contribution in [0, 0.1) is 0 Å². The molecular formula is C13H24N2O5. The van der Waals surface area contributed by atoms with Crippen LogP contribution in [0.2, 0.25) is 0 Å². The summed E-state index contributed by atoms with van der Waals surface area (Å²) in [6.07, 6.45) is 0.785. The minimum atomic E-state index is -1.06. The maximum atomic E-state index is 12.0. The molecule has 0 fully saturated rings. The Morgan fingerprint density at radius 2 is 2.00 bits per heavy atom. The van der Waals surface area contributed by atoms with E-state index in [9.17, 15) is 14.4 Å². The first-order valence-corrected chi connectivity index (χ1v) is 6.74. The fourth-order valence-electron chi connectivity index (χ4n) is 1.63. The van der Waals surface area contributed by atoms with Crippen LogP contribution >= 0.6 is 0 Å². The number of aliphatic carboxylic acids is 1. The SMILES string of the molecule is CCOCCCC(=O)N(CCNC(C)=O)C(C)C(=O)O. The summed E-state index contributed by atoms with van der Waals surface area (Å²) in [4.78, 5) is 35.1. The topological polar surface area (TPSA) is 95.9 Å². The average molecular weight is 288 g/mol. The van der Waals surface area contributed by atoms with Gasteiger partial charge in [-0.05, 0) is 20.3 Å². The normalized spacial score (nSPS) is 11.8. The summed E-state index contributed by atoms with van der Waals surface area (Å²) in [5.41, 5.74) is 0.